The zero-order valence-corrected chi connectivity index (χ0v) is 15.2. The SMILES string of the molecule is O=C(c1nnc2n1CCC2)N1CCN(c2nc3c(F)cc(F)cc3s2)CC1. The van der Waals surface area contributed by atoms with Crippen LogP contribution in [0.5, 0.6) is 0 Å². The molecular weight excluding hydrogens is 374 g/mol. The highest BCUT2D eigenvalue weighted by atomic mass is 32.1. The van der Waals surface area contributed by atoms with E-state index in [9.17, 15) is 13.6 Å². The van der Waals surface area contributed by atoms with Crippen molar-refractivity contribution in [3.63, 3.8) is 0 Å². The topological polar surface area (TPSA) is 67.2 Å². The second-order valence-corrected chi connectivity index (χ2v) is 7.71. The van der Waals surface area contributed by atoms with Crippen LogP contribution >= 0.6 is 11.3 Å². The average molecular weight is 390 g/mol. The molecule has 1 fully saturated rings. The Kier molecular flexibility index (Phi) is 3.81. The molecule has 2 aromatic heterocycles. The Morgan fingerprint density at radius 1 is 1.07 bits per heavy atom. The van der Waals surface area contributed by atoms with Gasteiger partial charge in [-0.15, -0.1) is 10.2 Å². The van der Waals surface area contributed by atoms with E-state index in [4.69, 9.17) is 0 Å². The van der Waals surface area contributed by atoms with Crippen molar-refractivity contribution in [2.24, 2.45) is 0 Å². The Bertz CT molecular complexity index is 1040. The van der Waals surface area contributed by atoms with Crippen molar-refractivity contribution >= 4 is 32.6 Å². The summed E-state index contributed by atoms with van der Waals surface area (Å²) in [6.45, 7) is 2.99. The number of anilines is 1. The van der Waals surface area contributed by atoms with Gasteiger partial charge in [0.25, 0.3) is 5.91 Å². The van der Waals surface area contributed by atoms with Crippen LogP contribution < -0.4 is 4.90 Å². The maximum absolute atomic E-state index is 13.9. The summed E-state index contributed by atoms with van der Waals surface area (Å²) in [6.07, 6.45) is 1.86. The van der Waals surface area contributed by atoms with Gasteiger partial charge in [-0.1, -0.05) is 11.3 Å². The number of hydrogen-bond acceptors (Lipinski definition) is 6. The highest BCUT2D eigenvalue weighted by Gasteiger charge is 2.29. The highest BCUT2D eigenvalue weighted by molar-refractivity contribution is 7.22. The number of nitrogens with zero attached hydrogens (tertiary/aromatic N) is 6. The number of carbonyl (C=O) groups excluding carboxylic acids is 1. The van der Waals surface area contributed by atoms with E-state index < -0.39 is 11.6 Å². The minimum Gasteiger partial charge on any atom is -0.345 e. The Labute approximate surface area is 157 Å². The summed E-state index contributed by atoms with van der Waals surface area (Å²) in [7, 11) is 0. The Hall–Kier alpha value is -2.62. The number of aryl methyl sites for hydroxylation is 1. The predicted molar refractivity (Wildman–Crippen MR) is 96.0 cm³/mol. The zero-order valence-electron chi connectivity index (χ0n) is 14.4. The number of thiazole rings is 1. The van der Waals surface area contributed by atoms with Gasteiger partial charge in [-0.05, 0) is 12.5 Å². The molecule has 0 bridgehead atoms. The van der Waals surface area contributed by atoms with Gasteiger partial charge in [-0.2, -0.15) is 0 Å². The van der Waals surface area contributed by atoms with E-state index in [1.165, 1.54) is 17.4 Å². The average Bonchev–Trinajstić information content (AvgIpc) is 3.36. The van der Waals surface area contributed by atoms with Crippen LogP contribution in [0, 0.1) is 11.6 Å². The summed E-state index contributed by atoms with van der Waals surface area (Å²) in [6, 6.07) is 2.14. The number of fused-ring (bicyclic) bond motifs is 2. The van der Waals surface area contributed by atoms with Gasteiger partial charge in [-0.25, -0.2) is 13.8 Å². The van der Waals surface area contributed by atoms with Crippen LogP contribution in [0.1, 0.15) is 22.9 Å². The van der Waals surface area contributed by atoms with Gasteiger partial charge in [0, 0.05) is 45.2 Å². The monoisotopic (exact) mass is 390 g/mol. The first kappa shape index (κ1) is 16.5. The second kappa shape index (κ2) is 6.22. The summed E-state index contributed by atoms with van der Waals surface area (Å²) in [4.78, 5) is 20.8. The summed E-state index contributed by atoms with van der Waals surface area (Å²) >= 11 is 1.26. The molecule has 1 aromatic carbocycles. The van der Waals surface area contributed by atoms with Crippen LogP contribution in [-0.4, -0.2) is 56.7 Å². The van der Waals surface area contributed by atoms with E-state index in [-0.39, 0.29) is 11.4 Å². The third kappa shape index (κ3) is 2.75. The summed E-state index contributed by atoms with van der Waals surface area (Å²) in [5.41, 5.74) is 0.189. The van der Waals surface area contributed by atoms with Gasteiger partial charge in [0.05, 0.1) is 4.70 Å². The molecule has 27 heavy (non-hydrogen) atoms. The molecule has 0 atom stereocenters. The molecule has 7 nitrogen and oxygen atoms in total. The number of hydrogen-bond donors (Lipinski definition) is 0. The third-order valence-corrected chi connectivity index (χ3v) is 6.10. The van der Waals surface area contributed by atoms with Crippen molar-refractivity contribution in [2.45, 2.75) is 19.4 Å². The first-order chi connectivity index (χ1) is 13.1. The number of rotatable bonds is 2. The molecule has 4 heterocycles. The number of amides is 1. The van der Waals surface area contributed by atoms with Crippen molar-refractivity contribution < 1.29 is 13.6 Å². The van der Waals surface area contributed by atoms with E-state index in [0.29, 0.717) is 41.8 Å². The van der Waals surface area contributed by atoms with Gasteiger partial charge in [0.1, 0.15) is 17.2 Å². The standard InChI is InChI=1S/C17H16F2N6OS/c18-10-8-11(19)14-12(9-10)27-17(20-14)24-6-4-23(5-7-24)16(26)15-22-21-13-2-1-3-25(13)15/h8-9H,1-7H2. The molecule has 0 saturated carbocycles. The fraction of sp³-hybridized carbons (Fsp3) is 0.412. The van der Waals surface area contributed by atoms with Crippen molar-refractivity contribution in [3.05, 3.63) is 35.4 Å². The Morgan fingerprint density at radius 3 is 2.70 bits per heavy atom. The fourth-order valence-electron chi connectivity index (χ4n) is 3.63. The molecule has 1 saturated heterocycles. The Morgan fingerprint density at radius 2 is 1.89 bits per heavy atom. The first-order valence-electron chi connectivity index (χ1n) is 8.82. The lowest BCUT2D eigenvalue weighted by atomic mass is 10.3. The lowest BCUT2D eigenvalue weighted by Crippen LogP contribution is -2.49. The van der Waals surface area contributed by atoms with Crippen molar-refractivity contribution in [1.29, 1.82) is 0 Å². The first-order valence-corrected chi connectivity index (χ1v) is 9.64. The summed E-state index contributed by atoms with van der Waals surface area (Å²) in [5.74, 6) is -0.0737. The molecule has 0 unspecified atom stereocenters. The largest absolute Gasteiger partial charge is 0.345 e. The van der Waals surface area contributed by atoms with Crippen molar-refractivity contribution in [1.82, 2.24) is 24.6 Å². The van der Waals surface area contributed by atoms with Crippen LogP contribution in [0.15, 0.2) is 12.1 Å². The lowest BCUT2D eigenvalue weighted by Gasteiger charge is -2.34. The van der Waals surface area contributed by atoms with Crippen LogP contribution in [0.3, 0.4) is 0 Å². The van der Waals surface area contributed by atoms with Gasteiger partial charge < -0.3 is 14.4 Å². The maximum atomic E-state index is 13.9. The smallest absolute Gasteiger partial charge is 0.291 e. The number of aromatic nitrogens is 4. The molecule has 0 radical (unpaired) electrons. The molecule has 0 aliphatic carbocycles. The van der Waals surface area contributed by atoms with Crippen LogP contribution in [-0.2, 0) is 13.0 Å². The summed E-state index contributed by atoms with van der Waals surface area (Å²) < 4.78 is 29.7. The van der Waals surface area contributed by atoms with E-state index >= 15 is 0 Å². The number of halogens is 2. The van der Waals surface area contributed by atoms with Gasteiger partial charge in [0.15, 0.2) is 10.9 Å². The molecule has 1 amide bonds. The zero-order chi connectivity index (χ0) is 18.5. The van der Waals surface area contributed by atoms with Crippen LogP contribution in [0.4, 0.5) is 13.9 Å². The van der Waals surface area contributed by atoms with Crippen molar-refractivity contribution in [3.8, 4) is 0 Å². The Balaban J connectivity index is 1.31. The molecule has 0 N–H and O–H groups in total. The van der Waals surface area contributed by atoms with E-state index in [1.54, 1.807) is 4.90 Å². The second-order valence-electron chi connectivity index (χ2n) is 6.71. The molecule has 5 rings (SSSR count). The predicted octanol–water partition coefficient (Wildman–Crippen LogP) is 2.07. The number of piperazine rings is 1. The minimum atomic E-state index is -0.651. The number of benzene rings is 1. The van der Waals surface area contributed by atoms with E-state index in [2.05, 4.69) is 15.2 Å². The van der Waals surface area contributed by atoms with Crippen molar-refractivity contribution in [2.75, 3.05) is 31.1 Å². The van der Waals surface area contributed by atoms with Crippen LogP contribution in [0.25, 0.3) is 10.2 Å². The van der Waals surface area contributed by atoms with Gasteiger partial charge in [-0.3, -0.25) is 4.79 Å². The van der Waals surface area contributed by atoms with E-state index in [1.807, 2.05) is 9.47 Å². The summed E-state index contributed by atoms with van der Waals surface area (Å²) in [5, 5.41) is 8.80. The molecule has 2 aliphatic rings. The number of carbonyl (C=O) groups is 1. The molecular formula is C17H16F2N6OS. The molecule has 2 aliphatic heterocycles. The molecule has 10 heteroatoms. The highest BCUT2D eigenvalue weighted by Crippen LogP contribution is 2.31. The molecule has 140 valence electrons. The fourth-order valence-corrected chi connectivity index (χ4v) is 4.69. The molecule has 0 spiro atoms. The van der Waals surface area contributed by atoms with Gasteiger partial charge in [0.2, 0.25) is 5.82 Å². The van der Waals surface area contributed by atoms with Crippen LogP contribution in [0.2, 0.25) is 0 Å². The van der Waals surface area contributed by atoms with E-state index in [0.717, 1.165) is 31.3 Å². The minimum absolute atomic E-state index is 0.104. The quantitative estimate of drug-likeness (QED) is 0.670. The van der Waals surface area contributed by atoms with Gasteiger partial charge >= 0.3 is 0 Å². The lowest BCUT2D eigenvalue weighted by molar-refractivity contribution is 0.0729. The normalized spacial score (nSPS) is 17.0. The maximum Gasteiger partial charge on any atom is 0.291 e. The molecule has 3 aromatic rings. The third-order valence-electron chi connectivity index (χ3n) is 5.04.